The van der Waals surface area contributed by atoms with Gasteiger partial charge >= 0.3 is 23.9 Å². The topological polar surface area (TPSA) is 222 Å². The third-order valence-electron chi connectivity index (χ3n) is 17.6. The summed E-state index contributed by atoms with van der Waals surface area (Å²) >= 11 is 0. The molecule has 2 aromatic carbocycles. The van der Waals surface area contributed by atoms with E-state index >= 15 is 9.59 Å². The van der Waals surface area contributed by atoms with Gasteiger partial charge in [0, 0.05) is 76.6 Å². The Hall–Kier alpha value is -7.38. The number of carbonyl (C=O) groups excluding carboxylic acids is 8. The Morgan fingerprint density at radius 2 is 0.670 bits per heavy atom. The molecular formula is C68H96N8O12. The van der Waals surface area contributed by atoms with Crippen LogP contribution < -0.4 is 0 Å². The van der Waals surface area contributed by atoms with Gasteiger partial charge in [0.2, 0.25) is 0 Å². The number of benzene rings is 2. The molecule has 20 heteroatoms. The van der Waals surface area contributed by atoms with Gasteiger partial charge in [-0.1, -0.05) is 117 Å². The molecule has 2 saturated carbocycles. The van der Waals surface area contributed by atoms with Crippen LogP contribution in [0.4, 0.5) is 0 Å². The van der Waals surface area contributed by atoms with Crippen molar-refractivity contribution in [3.05, 3.63) is 107 Å². The molecular weight excluding hydrogens is 1120 g/mol. The first-order chi connectivity index (χ1) is 41.7. The molecule has 3 heterocycles. The summed E-state index contributed by atoms with van der Waals surface area (Å²) in [6, 6.07) is 14.1. The number of nitrogens with zero attached hydrogens (tertiary/aromatic N) is 8. The van der Waals surface area contributed by atoms with Crippen LogP contribution in [0.2, 0.25) is 0 Å². The average molecular weight is 1220 g/mol. The lowest BCUT2D eigenvalue weighted by molar-refractivity contribution is -0.176. The third kappa shape index (κ3) is 17.5. The summed E-state index contributed by atoms with van der Waals surface area (Å²) < 4.78 is 28.5. The van der Waals surface area contributed by atoms with Crippen molar-refractivity contribution in [2.45, 2.75) is 220 Å². The number of hydrogen-bond donors (Lipinski definition) is 0. The highest BCUT2D eigenvalue weighted by Crippen LogP contribution is 2.37. The predicted molar refractivity (Wildman–Crippen MR) is 331 cm³/mol. The standard InChI is InChI=1S/C68H96N8O12/c1-41(2)33-55-65(81)85-45(9)61(77)71(11)58(36-44(7)8)68(84)88-60(38-48-23-27-50(28-24-48)40-76-54(30-32-70-76)52-19-16-20-52)64(80)74(14)56(34-42(3)4)66(82)86-46(10)62(78)72(12)57(35-43(5)6)67(83)87-59(63(79)73(55)13)37-47-21-25-49(26-22-47)39-75-53(29-31-69-75)51-17-15-18-51/h21-32,41-46,51-52,55-60H,15-20,33-40H2,1-14H3/t45-,46-,55+,56+,57+,58+,59-,60-/m1/s1. The zero-order chi connectivity index (χ0) is 64.3. The van der Waals surface area contributed by atoms with E-state index in [2.05, 4.69) is 22.3 Å². The zero-order valence-corrected chi connectivity index (χ0v) is 54.4. The van der Waals surface area contributed by atoms with Crippen LogP contribution >= 0.6 is 0 Å². The van der Waals surface area contributed by atoms with E-state index < -0.39 is 96.1 Å². The molecule has 4 aromatic rings. The molecule has 0 N–H and O–H groups in total. The van der Waals surface area contributed by atoms with Crippen LogP contribution in [0.1, 0.15) is 179 Å². The highest BCUT2D eigenvalue weighted by atomic mass is 16.6. The smallest absolute Gasteiger partial charge is 0.329 e. The summed E-state index contributed by atoms with van der Waals surface area (Å²) in [5.41, 5.74) is 5.57. The Bertz CT molecular complexity index is 2820. The van der Waals surface area contributed by atoms with Gasteiger partial charge in [-0.3, -0.25) is 28.5 Å². The molecule has 88 heavy (non-hydrogen) atoms. The average Bonchev–Trinajstić information content (AvgIpc) is 4.35. The molecule has 0 unspecified atom stereocenters. The van der Waals surface area contributed by atoms with E-state index in [-0.39, 0.29) is 62.2 Å². The molecule has 8 atom stereocenters. The van der Waals surface area contributed by atoms with Crippen molar-refractivity contribution in [2.24, 2.45) is 23.7 Å². The second kappa shape index (κ2) is 30.7. The maximum absolute atomic E-state index is 15.1. The summed E-state index contributed by atoms with van der Waals surface area (Å²) in [6.07, 6.45) is 4.58. The molecule has 0 spiro atoms. The quantitative estimate of drug-likeness (QED) is 0.0672. The van der Waals surface area contributed by atoms with Gasteiger partial charge in [0.05, 0.1) is 13.1 Å². The molecule has 3 fully saturated rings. The fourth-order valence-electron chi connectivity index (χ4n) is 11.9. The number of amides is 4. The van der Waals surface area contributed by atoms with Crippen LogP contribution in [0.15, 0.2) is 73.1 Å². The summed E-state index contributed by atoms with van der Waals surface area (Å²) in [5, 5.41) is 9.17. The van der Waals surface area contributed by atoms with Crippen molar-refractivity contribution in [2.75, 3.05) is 28.2 Å². The second-order valence-electron chi connectivity index (χ2n) is 26.5. The second-order valence-corrected chi connectivity index (χ2v) is 26.5. The number of esters is 4. The van der Waals surface area contributed by atoms with Crippen LogP contribution in [0.25, 0.3) is 0 Å². The van der Waals surface area contributed by atoms with E-state index in [1.54, 1.807) is 0 Å². The highest BCUT2D eigenvalue weighted by Gasteiger charge is 2.43. The molecule has 4 amide bonds. The van der Waals surface area contributed by atoms with Crippen LogP contribution in [-0.2, 0) is 83.2 Å². The van der Waals surface area contributed by atoms with Gasteiger partial charge in [-0.25, -0.2) is 19.2 Å². The first kappa shape index (κ1) is 68.1. The molecule has 1 saturated heterocycles. The van der Waals surface area contributed by atoms with Crippen LogP contribution in [0, 0.1) is 23.7 Å². The Morgan fingerprint density at radius 3 is 0.943 bits per heavy atom. The molecule has 3 aliphatic rings. The normalized spacial score (nSPS) is 24.2. The van der Waals surface area contributed by atoms with Crippen molar-refractivity contribution in [3.63, 3.8) is 0 Å². The van der Waals surface area contributed by atoms with Crippen LogP contribution in [0.5, 0.6) is 0 Å². The summed E-state index contributed by atoms with van der Waals surface area (Å²) in [7, 11) is 5.64. The number of likely N-dealkylation sites (N-methyl/N-ethyl adjacent to an activating group) is 4. The Labute approximate surface area is 520 Å². The minimum absolute atomic E-state index is 0.0892. The SMILES string of the molecule is CC(C)C[C@H]1C(=O)O[C@H](Cc2ccc(Cn3nccc3C3CCC3)cc2)C(=O)N(C)[C@@H](CC(C)C)C(=O)O[C@H](C)C(=O)N(C)[C@@H](CC(C)C)C(=O)O[C@H](Cc2ccc(Cn3nccc3C3CCC3)cc2)C(=O)N(C)[C@@H](CC(C)C)C(=O)O[C@H](C)C(=O)N1C. The minimum atomic E-state index is -1.53. The molecule has 0 radical (unpaired) electrons. The van der Waals surface area contributed by atoms with Gasteiger partial charge in [-0.15, -0.1) is 0 Å². The lowest BCUT2D eigenvalue weighted by atomic mass is 9.83. The first-order valence-electron chi connectivity index (χ1n) is 31.8. The van der Waals surface area contributed by atoms with Gasteiger partial charge < -0.3 is 38.5 Å². The van der Waals surface area contributed by atoms with E-state index in [0.717, 1.165) is 46.6 Å². The first-order valence-corrected chi connectivity index (χ1v) is 31.8. The summed E-state index contributed by atoms with van der Waals surface area (Å²) in [6.45, 7) is 18.7. The Balaban J connectivity index is 1.23. The number of cyclic esters (lactones) is 4. The predicted octanol–water partition coefficient (Wildman–Crippen LogP) is 8.69. The summed E-state index contributed by atoms with van der Waals surface area (Å²) in [5.74, 6) is -6.37. The molecule has 1 aliphatic heterocycles. The number of rotatable bonds is 18. The van der Waals surface area contributed by atoms with E-state index in [1.807, 2.05) is 126 Å². The minimum Gasteiger partial charge on any atom is -0.451 e. The monoisotopic (exact) mass is 1220 g/mol. The van der Waals surface area contributed by atoms with Gasteiger partial charge in [-0.2, -0.15) is 10.2 Å². The molecule has 2 aromatic heterocycles. The van der Waals surface area contributed by atoms with Gasteiger partial charge in [-0.05, 0) is 123 Å². The lowest BCUT2D eigenvalue weighted by Gasteiger charge is -2.35. The van der Waals surface area contributed by atoms with E-state index in [4.69, 9.17) is 18.9 Å². The Kier molecular flexibility index (Phi) is 23.8. The Morgan fingerprint density at radius 1 is 0.398 bits per heavy atom. The molecule has 7 rings (SSSR count). The van der Waals surface area contributed by atoms with Crippen molar-refractivity contribution in [3.8, 4) is 0 Å². The number of ether oxygens (including phenoxy) is 4. The third-order valence-corrected chi connectivity index (χ3v) is 17.6. The zero-order valence-electron chi connectivity index (χ0n) is 54.4. The lowest BCUT2D eigenvalue weighted by Crippen LogP contribution is -2.55. The molecule has 2 aliphatic carbocycles. The van der Waals surface area contributed by atoms with Crippen molar-refractivity contribution < 1.29 is 57.3 Å². The van der Waals surface area contributed by atoms with Gasteiger partial charge in [0.1, 0.15) is 24.2 Å². The van der Waals surface area contributed by atoms with E-state index in [9.17, 15) is 28.8 Å². The molecule has 0 bridgehead atoms. The van der Waals surface area contributed by atoms with Crippen LogP contribution in [-0.4, -0.2) is 163 Å². The maximum Gasteiger partial charge on any atom is 0.329 e. The number of hydrogen-bond acceptors (Lipinski definition) is 14. The molecule has 20 nitrogen and oxygen atoms in total. The molecule has 480 valence electrons. The van der Waals surface area contributed by atoms with Crippen LogP contribution in [0.3, 0.4) is 0 Å². The largest absolute Gasteiger partial charge is 0.451 e. The fourth-order valence-corrected chi connectivity index (χ4v) is 11.9. The maximum atomic E-state index is 15.1. The van der Waals surface area contributed by atoms with Crippen molar-refractivity contribution in [1.82, 2.24) is 39.2 Å². The summed E-state index contributed by atoms with van der Waals surface area (Å²) in [4.78, 5) is 123. The van der Waals surface area contributed by atoms with E-state index in [0.29, 0.717) is 36.1 Å². The number of carbonyl (C=O) groups is 8. The van der Waals surface area contributed by atoms with Gasteiger partial charge in [0.25, 0.3) is 23.6 Å². The van der Waals surface area contributed by atoms with Crippen molar-refractivity contribution in [1.29, 1.82) is 0 Å². The van der Waals surface area contributed by atoms with Crippen molar-refractivity contribution >= 4 is 47.5 Å². The highest BCUT2D eigenvalue weighted by molar-refractivity contribution is 5.94. The fraction of sp³-hybridized carbons (Fsp3) is 0.618. The van der Waals surface area contributed by atoms with E-state index in [1.165, 1.54) is 76.1 Å². The van der Waals surface area contributed by atoms with Gasteiger partial charge in [0.15, 0.2) is 24.4 Å². The number of aromatic nitrogens is 4.